The van der Waals surface area contributed by atoms with Gasteiger partial charge < -0.3 is 10.2 Å². The van der Waals surface area contributed by atoms with Crippen LogP contribution in [0.4, 0.5) is 0 Å². The second-order valence-corrected chi connectivity index (χ2v) is 5.34. The summed E-state index contributed by atoms with van der Waals surface area (Å²) in [6.45, 7) is 7.44. The van der Waals surface area contributed by atoms with Crippen molar-refractivity contribution in [3.05, 3.63) is 15.6 Å². The first-order valence-electron chi connectivity index (χ1n) is 5.58. The van der Waals surface area contributed by atoms with E-state index in [1.54, 1.807) is 11.3 Å². The monoisotopic (exact) mass is 239 g/mol. The molecule has 2 rings (SSSR count). The topological polar surface area (TPSA) is 45.2 Å². The molecule has 16 heavy (non-hydrogen) atoms. The molecule has 1 fully saturated rings. The molecule has 1 aromatic heterocycles. The first-order chi connectivity index (χ1) is 7.66. The van der Waals surface area contributed by atoms with Gasteiger partial charge in [0.05, 0.1) is 17.1 Å². The Morgan fingerprint density at radius 3 is 2.69 bits per heavy atom. The second-order valence-electron chi connectivity index (χ2n) is 4.05. The number of nitrogens with one attached hydrogen (secondary N) is 1. The Balaban J connectivity index is 1.98. The number of aryl methyl sites for hydroxylation is 2. The highest BCUT2D eigenvalue weighted by atomic mass is 32.1. The maximum Gasteiger partial charge on any atom is 0.227 e. The molecule has 4 nitrogen and oxygen atoms in total. The van der Waals surface area contributed by atoms with Crippen LogP contribution in [0.5, 0.6) is 0 Å². The highest BCUT2D eigenvalue weighted by Crippen LogP contribution is 2.18. The van der Waals surface area contributed by atoms with Crippen molar-refractivity contribution in [1.82, 2.24) is 15.2 Å². The summed E-state index contributed by atoms with van der Waals surface area (Å²) in [5.74, 6) is 0.230. The molecule has 1 aliphatic rings. The Hall–Kier alpha value is -0.940. The standard InChI is InChI=1S/C11H17N3OS/c1-8-10(16-9(2)13-8)7-11(15)14-5-3-12-4-6-14/h12H,3-7H2,1-2H3. The Labute approximate surface area is 99.7 Å². The Morgan fingerprint density at radius 2 is 2.12 bits per heavy atom. The molecule has 0 bridgehead atoms. The van der Waals surface area contributed by atoms with Crippen molar-refractivity contribution in [2.45, 2.75) is 20.3 Å². The molecular weight excluding hydrogens is 222 g/mol. The van der Waals surface area contributed by atoms with E-state index in [-0.39, 0.29) is 5.91 Å². The van der Waals surface area contributed by atoms with E-state index in [1.165, 1.54) is 0 Å². The van der Waals surface area contributed by atoms with Crippen molar-refractivity contribution in [1.29, 1.82) is 0 Å². The lowest BCUT2D eigenvalue weighted by Crippen LogP contribution is -2.46. The van der Waals surface area contributed by atoms with Crippen molar-refractivity contribution in [3.8, 4) is 0 Å². The fraction of sp³-hybridized carbons (Fsp3) is 0.636. The van der Waals surface area contributed by atoms with Crippen LogP contribution in [0, 0.1) is 13.8 Å². The average Bonchev–Trinajstić information content (AvgIpc) is 2.59. The second kappa shape index (κ2) is 4.93. The summed E-state index contributed by atoms with van der Waals surface area (Å²) in [4.78, 5) is 19.4. The summed E-state index contributed by atoms with van der Waals surface area (Å²) in [5.41, 5.74) is 1.01. The number of carbonyl (C=O) groups excluding carboxylic acids is 1. The molecule has 1 aliphatic heterocycles. The zero-order valence-corrected chi connectivity index (χ0v) is 10.6. The quantitative estimate of drug-likeness (QED) is 0.827. The molecule has 0 radical (unpaired) electrons. The van der Waals surface area contributed by atoms with Crippen LogP contribution in [0.25, 0.3) is 0 Å². The third kappa shape index (κ3) is 2.59. The zero-order chi connectivity index (χ0) is 11.5. The first kappa shape index (κ1) is 11.5. The van der Waals surface area contributed by atoms with E-state index < -0.39 is 0 Å². The molecule has 0 spiro atoms. The summed E-state index contributed by atoms with van der Waals surface area (Å²) in [5, 5.41) is 4.29. The smallest absolute Gasteiger partial charge is 0.227 e. The largest absolute Gasteiger partial charge is 0.340 e. The summed E-state index contributed by atoms with van der Waals surface area (Å²) in [6.07, 6.45) is 0.511. The lowest BCUT2D eigenvalue weighted by molar-refractivity contribution is -0.130. The number of piperazine rings is 1. The molecule has 1 amide bonds. The minimum atomic E-state index is 0.230. The van der Waals surface area contributed by atoms with Crippen LogP contribution in [-0.4, -0.2) is 42.0 Å². The van der Waals surface area contributed by atoms with E-state index in [0.717, 1.165) is 41.8 Å². The SMILES string of the molecule is Cc1nc(C)c(CC(=O)N2CCNCC2)s1. The van der Waals surface area contributed by atoms with Crippen molar-refractivity contribution in [3.63, 3.8) is 0 Å². The Bertz CT molecular complexity index is 383. The molecule has 5 heteroatoms. The summed E-state index contributed by atoms with van der Waals surface area (Å²) in [7, 11) is 0. The molecule has 2 heterocycles. The molecule has 0 unspecified atom stereocenters. The Morgan fingerprint density at radius 1 is 1.44 bits per heavy atom. The van der Waals surface area contributed by atoms with Gasteiger partial charge in [-0.3, -0.25) is 4.79 Å². The van der Waals surface area contributed by atoms with E-state index in [2.05, 4.69) is 10.3 Å². The van der Waals surface area contributed by atoms with Crippen LogP contribution in [0.1, 0.15) is 15.6 Å². The van der Waals surface area contributed by atoms with Crippen LogP contribution >= 0.6 is 11.3 Å². The number of carbonyl (C=O) groups is 1. The first-order valence-corrected chi connectivity index (χ1v) is 6.40. The van der Waals surface area contributed by atoms with Crippen LogP contribution < -0.4 is 5.32 Å². The fourth-order valence-corrected chi connectivity index (χ4v) is 2.83. The summed E-state index contributed by atoms with van der Waals surface area (Å²) in [6, 6.07) is 0. The van der Waals surface area contributed by atoms with Crippen LogP contribution in [0.2, 0.25) is 0 Å². The van der Waals surface area contributed by atoms with Crippen LogP contribution in [0.3, 0.4) is 0 Å². The van der Waals surface area contributed by atoms with Crippen LogP contribution in [0.15, 0.2) is 0 Å². The van der Waals surface area contributed by atoms with Gasteiger partial charge in [0.1, 0.15) is 0 Å². The highest BCUT2D eigenvalue weighted by molar-refractivity contribution is 7.11. The van der Waals surface area contributed by atoms with Gasteiger partial charge in [0.2, 0.25) is 5.91 Å². The lowest BCUT2D eigenvalue weighted by atomic mass is 10.2. The van der Waals surface area contributed by atoms with Crippen molar-refractivity contribution < 1.29 is 4.79 Å². The van der Waals surface area contributed by atoms with Gasteiger partial charge in [0, 0.05) is 31.1 Å². The number of aromatic nitrogens is 1. The summed E-state index contributed by atoms with van der Waals surface area (Å²) >= 11 is 1.63. The van der Waals surface area contributed by atoms with Crippen molar-refractivity contribution >= 4 is 17.2 Å². The third-order valence-electron chi connectivity index (χ3n) is 2.78. The predicted octanol–water partition coefficient (Wildman–Crippen LogP) is 0.734. The van der Waals surface area contributed by atoms with E-state index in [0.29, 0.717) is 6.42 Å². The third-order valence-corrected chi connectivity index (χ3v) is 3.85. The molecule has 1 N–H and O–H groups in total. The lowest BCUT2D eigenvalue weighted by Gasteiger charge is -2.27. The van der Waals surface area contributed by atoms with Crippen molar-refractivity contribution in [2.24, 2.45) is 0 Å². The number of hydrogen-bond donors (Lipinski definition) is 1. The minimum absolute atomic E-state index is 0.230. The van der Waals surface area contributed by atoms with Gasteiger partial charge in [0.15, 0.2) is 0 Å². The Kier molecular flexibility index (Phi) is 3.56. The van der Waals surface area contributed by atoms with Gasteiger partial charge in [-0.25, -0.2) is 4.98 Å². The van der Waals surface area contributed by atoms with Gasteiger partial charge in [-0.2, -0.15) is 0 Å². The number of rotatable bonds is 2. The number of thiazole rings is 1. The predicted molar refractivity (Wildman–Crippen MR) is 64.7 cm³/mol. The van der Waals surface area contributed by atoms with Gasteiger partial charge in [-0.05, 0) is 13.8 Å². The van der Waals surface area contributed by atoms with Gasteiger partial charge in [0.25, 0.3) is 0 Å². The molecule has 0 aromatic carbocycles. The number of hydrogen-bond acceptors (Lipinski definition) is 4. The van der Waals surface area contributed by atoms with Gasteiger partial charge in [-0.1, -0.05) is 0 Å². The minimum Gasteiger partial charge on any atom is -0.340 e. The van der Waals surface area contributed by atoms with Gasteiger partial charge in [-0.15, -0.1) is 11.3 Å². The van der Waals surface area contributed by atoms with E-state index in [4.69, 9.17) is 0 Å². The average molecular weight is 239 g/mol. The molecular formula is C11H17N3OS. The highest BCUT2D eigenvalue weighted by Gasteiger charge is 2.18. The van der Waals surface area contributed by atoms with Gasteiger partial charge >= 0.3 is 0 Å². The maximum absolute atomic E-state index is 12.0. The van der Waals surface area contributed by atoms with E-state index >= 15 is 0 Å². The molecule has 88 valence electrons. The fourth-order valence-electron chi connectivity index (χ4n) is 1.90. The molecule has 1 saturated heterocycles. The number of amides is 1. The van der Waals surface area contributed by atoms with Crippen molar-refractivity contribution in [2.75, 3.05) is 26.2 Å². The molecule has 1 aromatic rings. The molecule has 0 saturated carbocycles. The summed E-state index contributed by atoms with van der Waals surface area (Å²) < 4.78 is 0. The zero-order valence-electron chi connectivity index (χ0n) is 9.75. The van der Waals surface area contributed by atoms with E-state index in [1.807, 2.05) is 18.7 Å². The molecule has 0 aliphatic carbocycles. The van der Waals surface area contributed by atoms with Crippen LogP contribution in [-0.2, 0) is 11.2 Å². The molecule has 0 atom stereocenters. The number of nitrogens with zero attached hydrogens (tertiary/aromatic N) is 2. The van der Waals surface area contributed by atoms with E-state index in [9.17, 15) is 4.79 Å². The maximum atomic E-state index is 12.0. The normalized spacial score (nSPS) is 16.5.